The Balaban J connectivity index is 3.00. The van der Waals surface area contributed by atoms with E-state index in [9.17, 15) is 18.0 Å². The molecule has 0 spiro atoms. The van der Waals surface area contributed by atoms with Crippen LogP contribution >= 0.6 is 11.6 Å². The van der Waals surface area contributed by atoms with Gasteiger partial charge in [-0.1, -0.05) is 0 Å². The summed E-state index contributed by atoms with van der Waals surface area (Å²) in [5.41, 5.74) is -0.202. The van der Waals surface area contributed by atoms with Gasteiger partial charge in [0, 0.05) is 11.6 Å². The van der Waals surface area contributed by atoms with Crippen molar-refractivity contribution in [2.24, 2.45) is 0 Å². The Morgan fingerprint density at radius 2 is 1.80 bits per heavy atom. The minimum Gasteiger partial charge on any atom is -0.294 e. The molecule has 0 N–H and O–H groups in total. The van der Waals surface area contributed by atoms with E-state index in [0.717, 1.165) is 12.2 Å². The number of halogens is 4. The van der Waals surface area contributed by atoms with Crippen LogP contribution in [0.15, 0.2) is 18.2 Å². The highest BCUT2D eigenvalue weighted by molar-refractivity contribution is 6.29. The van der Waals surface area contributed by atoms with Crippen LogP contribution in [-0.4, -0.2) is 11.7 Å². The zero-order valence-electron chi connectivity index (χ0n) is 7.44. The third-order valence-electron chi connectivity index (χ3n) is 1.62. The van der Waals surface area contributed by atoms with Gasteiger partial charge in [0.15, 0.2) is 17.4 Å². The van der Waals surface area contributed by atoms with Crippen LogP contribution in [0.1, 0.15) is 5.56 Å². The van der Waals surface area contributed by atoms with E-state index in [1.54, 1.807) is 0 Å². The molecule has 0 saturated carbocycles. The van der Waals surface area contributed by atoms with Gasteiger partial charge in [-0.15, -0.1) is 11.6 Å². The Morgan fingerprint density at radius 3 is 2.40 bits per heavy atom. The van der Waals surface area contributed by atoms with Crippen LogP contribution in [0.2, 0.25) is 0 Å². The van der Waals surface area contributed by atoms with Gasteiger partial charge >= 0.3 is 0 Å². The van der Waals surface area contributed by atoms with Crippen LogP contribution in [-0.2, 0) is 4.79 Å². The fourth-order valence-electron chi connectivity index (χ4n) is 0.893. The Labute approximate surface area is 89.2 Å². The van der Waals surface area contributed by atoms with Crippen LogP contribution in [0, 0.1) is 17.5 Å². The maximum Gasteiger partial charge on any atom is 0.170 e. The van der Waals surface area contributed by atoms with E-state index in [-0.39, 0.29) is 11.4 Å². The van der Waals surface area contributed by atoms with Crippen LogP contribution in [0.4, 0.5) is 13.2 Å². The van der Waals surface area contributed by atoms with Crippen molar-refractivity contribution in [3.63, 3.8) is 0 Å². The smallest absolute Gasteiger partial charge is 0.170 e. The van der Waals surface area contributed by atoms with Crippen molar-refractivity contribution in [1.29, 1.82) is 0 Å². The van der Waals surface area contributed by atoms with E-state index in [4.69, 9.17) is 11.6 Å². The third kappa shape index (κ3) is 3.09. The van der Waals surface area contributed by atoms with Crippen LogP contribution in [0.5, 0.6) is 0 Å². The second-order valence-corrected chi connectivity index (χ2v) is 2.99. The van der Waals surface area contributed by atoms with Crippen molar-refractivity contribution < 1.29 is 18.0 Å². The average molecular weight is 235 g/mol. The lowest BCUT2D eigenvalue weighted by Gasteiger charge is -1.98. The van der Waals surface area contributed by atoms with Crippen LogP contribution < -0.4 is 0 Å². The quantitative estimate of drug-likeness (QED) is 0.447. The molecule has 0 atom stereocenters. The van der Waals surface area contributed by atoms with E-state index in [0.29, 0.717) is 12.1 Å². The molecule has 0 aliphatic rings. The highest BCUT2D eigenvalue weighted by atomic mass is 35.5. The number of carbonyl (C=O) groups is 1. The van der Waals surface area contributed by atoms with Gasteiger partial charge < -0.3 is 0 Å². The highest BCUT2D eigenvalue weighted by Crippen LogP contribution is 2.14. The standard InChI is InChI=1S/C10H6ClF3O/c11-5-7(15)2-1-6-3-9(13)10(14)4-8(6)12/h1-4H,5H2/b2-1+. The van der Waals surface area contributed by atoms with E-state index >= 15 is 0 Å². The van der Waals surface area contributed by atoms with Crippen molar-refractivity contribution in [3.05, 3.63) is 41.2 Å². The number of rotatable bonds is 3. The van der Waals surface area contributed by atoms with Gasteiger partial charge in [0.05, 0.1) is 5.88 Å². The summed E-state index contributed by atoms with van der Waals surface area (Å²) in [6.45, 7) is 0. The fourth-order valence-corrected chi connectivity index (χ4v) is 0.982. The van der Waals surface area contributed by atoms with Gasteiger partial charge in [-0.3, -0.25) is 4.79 Å². The molecule has 0 aliphatic heterocycles. The molecular formula is C10H6ClF3O. The minimum absolute atomic E-state index is 0.202. The predicted molar refractivity (Wildman–Crippen MR) is 51.1 cm³/mol. The van der Waals surface area contributed by atoms with Gasteiger partial charge in [-0.2, -0.15) is 0 Å². The summed E-state index contributed by atoms with van der Waals surface area (Å²) in [4.78, 5) is 10.7. The summed E-state index contributed by atoms with van der Waals surface area (Å²) in [6.07, 6.45) is 2.05. The first-order valence-electron chi connectivity index (χ1n) is 3.96. The maximum absolute atomic E-state index is 13.0. The van der Waals surface area contributed by atoms with Gasteiger partial charge in [0.2, 0.25) is 0 Å². The topological polar surface area (TPSA) is 17.1 Å². The Morgan fingerprint density at radius 1 is 1.20 bits per heavy atom. The van der Waals surface area contributed by atoms with Crippen molar-refractivity contribution >= 4 is 23.5 Å². The fraction of sp³-hybridized carbons (Fsp3) is 0.100. The zero-order valence-corrected chi connectivity index (χ0v) is 8.19. The zero-order chi connectivity index (χ0) is 11.4. The summed E-state index contributed by atoms with van der Waals surface area (Å²) in [5, 5.41) is 0. The molecule has 0 radical (unpaired) electrons. The molecule has 0 fully saturated rings. The number of hydrogen-bond donors (Lipinski definition) is 0. The van der Waals surface area contributed by atoms with Gasteiger partial charge in [0.25, 0.3) is 0 Å². The van der Waals surface area contributed by atoms with Crippen molar-refractivity contribution in [1.82, 2.24) is 0 Å². The molecule has 1 aromatic rings. The molecule has 0 unspecified atom stereocenters. The molecule has 0 saturated heterocycles. The van der Waals surface area contributed by atoms with E-state index in [2.05, 4.69) is 0 Å². The molecule has 80 valence electrons. The lowest BCUT2D eigenvalue weighted by Crippen LogP contribution is -1.94. The summed E-state index contributed by atoms with van der Waals surface area (Å²) < 4.78 is 38.2. The predicted octanol–water partition coefficient (Wildman–Crippen LogP) is 2.93. The Kier molecular flexibility index (Phi) is 3.91. The second kappa shape index (κ2) is 4.98. The Hall–Kier alpha value is -1.29. The SMILES string of the molecule is O=C(/C=C/c1cc(F)c(F)cc1F)CCl. The molecule has 0 aliphatic carbocycles. The summed E-state index contributed by atoms with van der Waals surface area (Å²) in [5.74, 6) is -4.07. The third-order valence-corrected chi connectivity index (χ3v) is 1.88. The first-order chi connectivity index (χ1) is 7.04. The molecule has 0 bridgehead atoms. The summed E-state index contributed by atoms with van der Waals surface area (Å²) in [7, 11) is 0. The van der Waals surface area contributed by atoms with Crippen molar-refractivity contribution in [3.8, 4) is 0 Å². The molecule has 0 aromatic heterocycles. The van der Waals surface area contributed by atoms with Crippen LogP contribution in [0.3, 0.4) is 0 Å². The number of benzene rings is 1. The molecular weight excluding hydrogens is 229 g/mol. The first kappa shape index (κ1) is 11.8. The number of alkyl halides is 1. The summed E-state index contributed by atoms with van der Waals surface area (Å²) in [6, 6.07) is 1.09. The lowest BCUT2D eigenvalue weighted by atomic mass is 10.1. The second-order valence-electron chi connectivity index (χ2n) is 2.72. The highest BCUT2D eigenvalue weighted by Gasteiger charge is 2.07. The minimum atomic E-state index is -1.27. The van der Waals surface area contributed by atoms with Crippen LogP contribution in [0.25, 0.3) is 6.08 Å². The molecule has 1 nitrogen and oxygen atoms in total. The molecule has 1 rings (SSSR count). The van der Waals surface area contributed by atoms with Crippen molar-refractivity contribution in [2.45, 2.75) is 0 Å². The molecule has 5 heteroatoms. The molecule has 0 heterocycles. The largest absolute Gasteiger partial charge is 0.294 e. The number of hydrogen-bond acceptors (Lipinski definition) is 1. The molecule has 1 aromatic carbocycles. The number of carbonyl (C=O) groups excluding carboxylic acids is 1. The van der Waals surface area contributed by atoms with E-state index in [1.807, 2.05) is 0 Å². The van der Waals surface area contributed by atoms with Crippen molar-refractivity contribution in [2.75, 3.05) is 5.88 Å². The maximum atomic E-state index is 13.0. The van der Waals surface area contributed by atoms with Gasteiger partial charge in [0.1, 0.15) is 5.82 Å². The van der Waals surface area contributed by atoms with E-state index < -0.39 is 23.2 Å². The number of ketones is 1. The van der Waals surface area contributed by atoms with Gasteiger partial charge in [-0.25, -0.2) is 13.2 Å². The van der Waals surface area contributed by atoms with E-state index in [1.165, 1.54) is 0 Å². The number of allylic oxidation sites excluding steroid dienone is 1. The molecule has 15 heavy (non-hydrogen) atoms. The van der Waals surface area contributed by atoms with Gasteiger partial charge in [-0.05, 0) is 18.2 Å². The lowest BCUT2D eigenvalue weighted by molar-refractivity contribution is -0.112. The first-order valence-corrected chi connectivity index (χ1v) is 4.49. The molecule has 0 amide bonds. The summed E-state index contributed by atoms with van der Waals surface area (Å²) >= 11 is 5.19. The normalized spacial score (nSPS) is 10.9. The monoisotopic (exact) mass is 234 g/mol. The average Bonchev–Trinajstić information content (AvgIpc) is 2.21. The Bertz CT molecular complexity index is 415.